The van der Waals surface area contributed by atoms with Gasteiger partial charge >= 0.3 is 0 Å². The Kier molecular flexibility index (Phi) is 15.1. The van der Waals surface area contributed by atoms with Gasteiger partial charge in [0.2, 0.25) is 0 Å². The first-order valence-corrected chi connectivity index (χ1v) is 21.4. The zero-order chi connectivity index (χ0) is 45.2. The molecule has 0 aliphatic rings. The van der Waals surface area contributed by atoms with E-state index in [0.717, 1.165) is 38.9 Å². The second-order valence-electron chi connectivity index (χ2n) is 15.3. The lowest BCUT2D eigenvalue weighted by Gasteiger charge is -2.16. The maximum Gasteiger partial charge on any atom is 0.123 e. The average molecular weight is 871 g/mol. The Balaban J connectivity index is 1.03. The van der Waals surface area contributed by atoms with E-state index in [4.69, 9.17) is 33.2 Å². The van der Waals surface area contributed by atoms with Gasteiger partial charge in [-0.25, -0.2) is 0 Å². The van der Waals surface area contributed by atoms with Gasteiger partial charge in [-0.05, 0) is 93.5 Å². The fourth-order valence-corrected chi connectivity index (χ4v) is 6.91. The minimum absolute atomic E-state index is 0.130. The number of nitriles is 2. The van der Waals surface area contributed by atoms with Crippen LogP contribution >= 0.6 is 0 Å². The summed E-state index contributed by atoms with van der Waals surface area (Å²) in [7, 11) is 0. The highest BCUT2D eigenvalue weighted by atomic mass is 16.5. The zero-order valence-corrected chi connectivity index (χ0v) is 36.2. The van der Waals surface area contributed by atoms with Gasteiger partial charge in [0.25, 0.3) is 0 Å². The smallest absolute Gasteiger partial charge is 0.123 e. The molecule has 0 saturated heterocycles. The average Bonchev–Trinajstić information content (AvgIpc) is 3.37. The van der Waals surface area contributed by atoms with Crippen molar-refractivity contribution in [1.29, 1.82) is 10.5 Å². The van der Waals surface area contributed by atoms with Crippen LogP contribution in [0.1, 0.15) is 50.1 Å². The standard InChI is InChI=1S/C57H46N2O7/c58-33-49-21-22-51(29-50(49)34-59)60-39-46-23-56(65-40-47-25-52(61-35-42-13-5-1-6-14-42)30-53(26-47)62-36-43-15-7-2-8-16-43)32-57(24-46)66-41-48-27-54(63-37-44-17-9-3-10-18-44)31-55(28-48)64-38-45-19-11-4-12-20-45/h1-32H,35-41H2. The highest BCUT2D eigenvalue weighted by Gasteiger charge is 2.12. The summed E-state index contributed by atoms with van der Waals surface area (Å²) in [6, 6.07) is 66.1. The third-order valence-corrected chi connectivity index (χ3v) is 10.3. The van der Waals surface area contributed by atoms with Crippen LogP contribution in [0.25, 0.3) is 0 Å². The first-order chi connectivity index (χ1) is 32.5. The van der Waals surface area contributed by atoms with Crippen LogP contribution in [0.5, 0.6) is 40.2 Å². The second-order valence-corrected chi connectivity index (χ2v) is 15.3. The van der Waals surface area contributed by atoms with Gasteiger partial charge in [-0.2, -0.15) is 10.5 Å². The molecule has 0 radical (unpaired) electrons. The van der Waals surface area contributed by atoms with Crippen molar-refractivity contribution in [3.63, 3.8) is 0 Å². The van der Waals surface area contributed by atoms with Gasteiger partial charge in [0.05, 0.1) is 11.1 Å². The van der Waals surface area contributed by atoms with Gasteiger partial charge in [-0.3, -0.25) is 0 Å². The van der Waals surface area contributed by atoms with Crippen LogP contribution in [-0.2, 0) is 46.2 Å². The summed E-state index contributed by atoms with van der Waals surface area (Å²) in [4.78, 5) is 0. The highest BCUT2D eigenvalue weighted by molar-refractivity contribution is 5.49. The summed E-state index contributed by atoms with van der Waals surface area (Å²) in [5.74, 6) is 4.12. The molecule has 8 aromatic carbocycles. The maximum atomic E-state index is 9.61. The first kappa shape index (κ1) is 44.0. The Bertz CT molecular complexity index is 2620. The highest BCUT2D eigenvalue weighted by Crippen LogP contribution is 2.31. The lowest BCUT2D eigenvalue weighted by Crippen LogP contribution is -2.04. The molecule has 0 N–H and O–H groups in total. The predicted molar refractivity (Wildman–Crippen MR) is 251 cm³/mol. The van der Waals surface area contributed by atoms with Crippen LogP contribution in [-0.4, -0.2) is 0 Å². The van der Waals surface area contributed by atoms with Crippen LogP contribution in [0.2, 0.25) is 0 Å². The predicted octanol–water partition coefficient (Wildman–Crippen LogP) is 12.5. The first-order valence-electron chi connectivity index (χ1n) is 21.4. The monoisotopic (exact) mass is 870 g/mol. The molecule has 8 aromatic rings. The fraction of sp³-hybridized carbons (Fsp3) is 0.123. The molecule has 0 spiro atoms. The minimum Gasteiger partial charge on any atom is -0.489 e. The van der Waals surface area contributed by atoms with E-state index >= 15 is 0 Å². The van der Waals surface area contributed by atoms with Crippen molar-refractivity contribution >= 4 is 0 Å². The summed E-state index contributed by atoms with van der Waals surface area (Å²) >= 11 is 0. The molecule has 9 heteroatoms. The van der Waals surface area contributed by atoms with E-state index in [1.807, 2.05) is 182 Å². The topological polar surface area (TPSA) is 112 Å². The van der Waals surface area contributed by atoms with Crippen LogP contribution in [0.4, 0.5) is 0 Å². The summed E-state index contributed by atoms with van der Waals surface area (Å²) in [6.07, 6.45) is 0. The van der Waals surface area contributed by atoms with Gasteiger partial charge in [0.1, 0.15) is 98.6 Å². The molecule has 0 saturated carbocycles. The molecule has 0 heterocycles. The zero-order valence-electron chi connectivity index (χ0n) is 36.2. The van der Waals surface area contributed by atoms with Crippen molar-refractivity contribution in [2.45, 2.75) is 46.2 Å². The Hall–Kier alpha value is -8.66. The lowest BCUT2D eigenvalue weighted by atomic mass is 10.1. The Morgan fingerprint density at radius 3 is 0.773 bits per heavy atom. The van der Waals surface area contributed by atoms with Gasteiger partial charge in [-0.1, -0.05) is 121 Å². The number of hydrogen-bond acceptors (Lipinski definition) is 9. The molecule has 8 rings (SSSR count). The normalized spacial score (nSPS) is 10.5. The molecule has 326 valence electrons. The molecular weight excluding hydrogens is 825 g/mol. The second kappa shape index (κ2) is 22.6. The molecule has 0 fully saturated rings. The molecule has 0 bridgehead atoms. The summed E-state index contributed by atoms with van der Waals surface area (Å²) in [5, 5.41) is 19.0. The summed E-state index contributed by atoms with van der Waals surface area (Å²) in [5.41, 5.74) is 7.13. The molecule has 0 atom stereocenters. The van der Waals surface area contributed by atoms with E-state index in [1.54, 1.807) is 18.2 Å². The number of hydrogen-bond donors (Lipinski definition) is 0. The molecule has 0 aliphatic heterocycles. The van der Waals surface area contributed by atoms with Gasteiger partial charge in [0.15, 0.2) is 0 Å². The van der Waals surface area contributed by atoms with E-state index in [1.165, 1.54) is 0 Å². The fourth-order valence-electron chi connectivity index (χ4n) is 6.91. The number of nitrogens with zero attached hydrogens (tertiary/aromatic N) is 2. The number of rotatable bonds is 21. The van der Waals surface area contributed by atoms with Crippen LogP contribution in [0, 0.1) is 22.7 Å². The van der Waals surface area contributed by atoms with E-state index in [9.17, 15) is 10.5 Å². The van der Waals surface area contributed by atoms with Crippen LogP contribution in [0.15, 0.2) is 194 Å². The van der Waals surface area contributed by atoms with E-state index in [-0.39, 0.29) is 30.9 Å². The summed E-state index contributed by atoms with van der Waals surface area (Å²) in [6.45, 7) is 2.09. The van der Waals surface area contributed by atoms with Crippen LogP contribution in [0.3, 0.4) is 0 Å². The number of ether oxygens (including phenoxy) is 7. The lowest BCUT2D eigenvalue weighted by molar-refractivity contribution is 0.273. The largest absolute Gasteiger partial charge is 0.489 e. The molecule has 0 aliphatic carbocycles. The molecule has 0 amide bonds. The Morgan fingerprint density at radius 2 is 0.500 bits per heavy atom. The maximum absolute atomic E-state index is 9.61. The molecule has 9 nitrogen and oxygen atoms in total. The third kappa shape index (κ3) is 13.2. The van der Waals surface area contributed by atoms with Gasteiger partial charge in [0, 0.05) is 18.2 Å². The van der Waals surface area contributed by atoms with Crippen molar-refractivity contribution in [3.8, 4) is 52.4 Å². The number of benzene rings is 8. The van der Waals surface area contributed by atoms with E-state index in [0.29, 0.717) is 66.7 Å². The SMILES string of the molecule is N#Cc1ccc(OCc2cc(OCc3cc(OCc4ccccc4)cc(OCc4ccccc4)c3)cc(OCc3cc(OCc4ccccc4)cc(OCc4ccccc4)c3)c2)cc1C#N. The van der Waals surface area contributed by atoms with Gasteiger partial charge < -0.3 is 33.2 Å². The van der Waals surface area contributed by atoms with Crippen LogP contribution < -0.4 is 33.2 Å². The third-order valence-electron chi connectivity index (χ3n) is 10.3. The molecular formula is C57H46N2O7. The van der Waals surface area contributed by atoms with Gasteiger partial charge in [-0.15, -0.1) is 0 Å². The molecule has 66 heavy (non-hydrogen) atoms. The quantitative estimate of drug-likeness (QED) is 0.0696. The van der Waals surface area contributed by atoms with E-state index < -0.39 is 0 Å². The van der Waals surface area contributed by atoms with Crippen molar-refractivity contribution < 1.29 is 33.2 Å². The van der Waals surface area contributed by atoms with Crippen molar-refractivity contribution in [2.75, 3.05) is 0 Å². The van der Waals surface area contributed by atoms with Crippen molar-refractivity contribution in [1.82, 2.24) is 0 Å². The van der Waals surface area contributed by atoms with E-state index in [2.05, 4.69) is 6.07 Å². The molecule has 0 aromatic heterocycles. The van der Waals surface area contributed by atoms with Crippen molar-refractivity contribution in [3.05, 3.63) is 244 Å². The summed E-state index contributed by atoms with van der Waals surface area (Å²) < 4.78 is 44.2. The van der Waals surface area contributed by atoms with Crippen molar-refractivity contribution in [2.24, 2.45) is 0 Å². The Labute approximate surface area is 385 Å². The minimum atomic E-state index is 0.130. The Morgan fingerprint density at radius 1 is 0.242 bits per heavy atom. The molecule has 0 unspecified atom stereocenters.